The summed E-state index contributed by atoms with van der Waals surface area (Å²) < 4.78 is 5.31. The van der Waals surface area contributed by atoms with Gasteiger partial charge < -0.3 is 14.5 Å². The molecule has 5 nitrogen and oxygen atoms in total. The minimum Gasteiger partial charge on any atom is -0.497 e. The Morgan fingerprint density at radius 2 is 1.49 bits per heavy atom. The Hall–Kier alpha value is -4.38. The lowest BCUT2D eigenvalue weighted by molar-refractivity contribution is 0.0965. The van der Waals surface area contributed by atoms with E-state index in [-0.39, 0.29) is 23.9 Å². The molecule has 2 atom stereocenters. The average molecular weight is 547 g/mol. The number of benzene rings is 4. The number of hydrogen-bond acceptors (Lipinski definition) is 3. The van der Waals surface area contributed by atoms with Crippen LogP contribution in [0.1, 0.15) is 77.4 Å². The number of anilines is 2. The van der Waals surface area contributed by atoms with Gasteiger partial charge in [-0.3, -0.25) is 9.59 Å². The molecule has 1 aliphatic heterocycles. The third kappa shape index (κ3) is 6.04. The Balaban J connectivity index is 1.49. The Bertz CT molecular complexity index is 1470. The van der Waals surface area contributed by atoms with Crippen molar-refractivity contribution in [2.75, 3.05) is 16.9 Å². The van der Waals surface area contributed by atoms with Crippen molar-refractivity contribution in [3.05, 3.63) is 125 Å². The predicted octanol–water partition coefficient (Wildman–Crippen LogP) is 8.26. The maximum absolute atomic E-state index is 14.1. The molecule has 0 saturated heterocycles. The number of carbonyl (C=O) groups is 2. The number of nitrogens with zero attached hydrogens (tertiary/aromatic N) is 2. The number of aryl methyl sites for hydroxylation is 1. The molecule has 5 heteroatoms. The lowest BCUT2D eigenvalue weighted by Gasteiger charge is -2.43. The van der Waals surface area contributed by atoms with Gasteiger partial charge in [0.05, 0.1) is 13.2 Å². The molecule has 4 aromatic rings. The molecule has 0 radical (unpaired) electrons. The van der Waals surface area contributed by atoms with Crippen LogP contribution in [0.15, 0.2) is 103 Å². The van der Waals surface area contributed by atoms with E-state index < -0.39 is 0 Å². The van der Waals surface area contributed by atoms with Crippen molar-refractivity contribution in [3.8, 4) is 5.75 Å². The summed E-state index contributed by atoms with van der Waals surface area (Å²) in [6, 6.07) is 32.7. The number of unbranched alkanes of at least 4 members (excludes halogenated alkanes) is 2. The van der Waals surface area contributed by atoms with Crippen LogP contribution in [0, 0.1) is 0 Å². The second-order valence-corrected chi connectivity index (χ2v) is 10.7. The van der Waals surface area contributed by atoms with Gasteiger partial charge in [-0.25, -0.2) is 0 Å². The highest BCUT2D eigenvalue weighted by Crippen LogP contribution is 2.43. The minimum atomic E-state index is -0.247. The van der Waals surface area contributed by atoms with Crippen molar-refractivity contribution in [1.29, 1.82) is 0 Å². The first-order valence-corrected chi connectivity index (χ1v) is 14.6. The van der Waals surface area contributed by atoms with Gasteiger partial charge in [-0.2, -0.15) is 0 Å². The summed E-state index contributed by atoms with van der Waals surface area (Å²) in [6.45, 7) is 4.28. The second-order valence-electron chi connectivity index (χ2n) is 10.7. The molecule has 0 unspecified atom stereocenters. The van der Waals surface area contributed by atoms with E-state index in [9.17, 15) is 9.59 Å². The minimum absolute atomic E-state index is 0.0174. The van der Waals surface area contributed by atoms with E-state index in [1.807, 2.05) is 88.7 Å². The zero-order valence-electron chi connectivity index (χ0n) is 24.1. The highest BCUT2D eigenvalue weighted by atomic mass is 16.5. The highest BCUT2D eigenvalue weighted by molar-refractivity contribution is 6.09. The summed E-state index contributed by atoms with van der Waals surface area (Å²) in [5.74, 6) is 0.591. The van der Waals surface area contributed by atoms with Crippen LogP contribution < -0.4 is 14.5 Å². The largest absolute Gasteiger partial charge is 0.497 e. The molecular formula is C36H38N2O3. The smallest absolute Gasteiger partial charge is 0.258 e. The first kappa shape index (κ1) is 28.2. The van der Waals surface area contributed by atoms with Crippen LogP contribution >= 0.6 is 0 Å². The van der Waals surface area contributed by atoms with Crippen LogP contribution in [0.3, 0.4) is 0 Å². The number of ether oxygens (including phenoxy) is 1. The quantitative estimate of drug-likeness (QED) is 0.199. The molecule has 4 aromatic carbocycles. The first-order valence-electron chi connectivity index (χ1n) is 14.6. The zero-order valence-corrected chi connectivity index (χ0v) is 24.1. The fraction of sp³-hybridized carbons (Fsp3) is 0.278. The topological polar surface area (TPSA) is 49.9 Å². The molecule has 0 aromatic heterocycles. The van der Waals surface area contributed by atoms with Gasteiger partial charge in [0.15, 0.2) is 0 Å². The van der Waals surface area contributed by atoms with Gasteiger partial charge in [0.1, 0.15) is 5.75 Å². The second kappa shape index (κ2) is 12.9. The fourth-order valence-electron chi connectivity index (χ4n) is 5.77. The first-order chi connectivity index (χ1) is 20.0. The van der Waals surface area contributed by atoms with E-state index >= 15 is 0 Å². The monoisotopic (exact) mass is 546 g/mol. The Kier molecular flexibility index (Phi) is 8.83. The standard InChI is InChI=1S/C36H38N2O3/c1-4-5-7-12-27-17-19-28(20-18-27)35(39)37-26(2)25-34(32-15-10-11-16-33(32)37)38(30-13-8-6-9-14-30)36(40)29-21-23-31(41-3)24-22-29/h6,8-11,13-24,26,34H,4-5,7,12,25H2,1-3H3/t26-,34-/m1/s1. The van der Waals surface area contributed by atoms with Crippen molar-refractivity contribution in [1.82, 2.24) is 0 Å². The molecule has 41 heavy (non-hydrogen) atoms. The van der Waals surface area contributed by atoms with Crippen molar-refractivity contribution in [2.24, 2.45) is 0 Å². The van der Waals surface area contributed by atoms with E-state index in [0.717, 1.165) is 29.8 Å². The Labute approximate surface area is 243 Å². The molecule has 0 fully saturated rings. The van der Waals surface area contributed by atoms with Gasteiger partial charge in [0, 0.05) is 28.5 Å². The third-order valence-corrected chi connectivity index (χ3v) is 7.95. The number of carbonyl (C=O) groups excluding carboxylic acids is 2. The van der Waals surface area contributed by atoms with Crippen molar-refractivity contribution in [2.45, 2.75) is 58.0 Å². The summed E-state index contributed by atoms with van der Waals surface area (Å²) in [4.78, 5) is 31.8. The predicted molar refractivity (Wildman–Crippen MR) is 166 cm³/mol. The summed E-state index contributed by atoms with van der Waals surface area (Å²) in [6.07, 6.45) is 5.20. The van der Waals surface area contributed by atoms with Crippen LogP contribution in [0.5, 0.6) is 5.75 Å². The van der Waals surface area contributed by atoms with Crippen molar-refractivity contribution in [3.63, 3.8) is 0 Å². The van der Waals surface area contributed by atoms with Gasteiger partial charge in [0.25, 0.3) is 11.8 Å². The summed E-state index contributed by atoms with van der Waals surface area (Å²) in [5, 5.41) is 0. The molecule has 0 saturated carbocycles. The van der Waals surface area contributed by atoms with E-state index in [2.05, 4.69) is 26.0 Å². The molecule has 0 aliphatic carbocycles. The molecule has 1 aliphatic rings. The summed E-state index contributed by atoms with van der Waals surface area (Å²) >= 11 is 0. The van der Waals surface area contributed by atoms with Gasteiger partial charge in [-0.15, -0.1) is 0 Å². The van der Waals surface area contributed by atoms with Crippen LogP contribution in [0.4, 0.5) is 11.4 Å². The molecule has 0 N–H and O–H groups in total. The molecule has 1 heterocycles. The molecule has 210 valence electrons. The van der Waals surface area contributed by atoms with Crippen molar-refractivity contribution < 1.29 is 14.3 Å². The highest BCUT2D eigenvalue weighted by Gasteiger charge is 2.39. The zero-order chi connectivity index (χ0) is 28.8. The lowest BCUT2D eigenvalue weighted by atomic mass is 9.89. The lowest BCUT2D eigenvalue weighted by Crippen LogP contribution is -2.47. The van der Waals surface area contributed by atoms with Gasteiger partial charge >= 0.3 is 0 Å². The number of fused-ring (bicyclic) bond motifs is 1. The van der Waals surface area contributed by atoms with Gasteiger partial charge in [-0.1, -0.05) is 68.3 Å². The van der Waals surface area contributed by atoms with E-state index in [1.54, 1.807) is 19.2 Å². The SMILES string of the molecule is CCCCCc1ccc(C(=O)N2c3ccccc3[C@H](N(C(=O)c3ccc(OC)cc3)c3ccccc3)C[C@H]2C)cc1. The van der Waals surface area contributed by atoms with E-state index in [4.69, 9.17) is 4.74 Å². The number of amides is 2. The van der Waals surface area contributed by atoms with Crippen LogP contribution in [0.2, 0.25) is 0 Å². The molecular weight excluding hydrogens is 508 g/mol. The average Bonchev–Trinajstić information content (AvgIpc) is 3.02. The van der Waals surface area contributed by atoms with Crippen LogP contribution in [0.25, 0.3) is 0 Å². The normalized spacial score (nSPS) is 16.1. The number of hydrogen-bond donors (Lipinski definition) is 0. The van der Waals surface area contributed by atoms with E-state index in [0.29, 0.717) is 23.3 Å². The molecule has 2 amide bonds. The van der Waals surface area contributed by atoms with Crippen LogP contribution in [-0.2, 0) is 6.42 Å². The maximum atomic E-state index is 14.1. The van der Waals surface area contributed by atoms with Crippen LogP contribution in [-0.4, -0.2) is 25.0 Å². The Morgan fingerprint density at radius 1 is 0.829 bits per heavy atom. The Morgan fingerprint density at radius 3 is 2.17 bits per heavy atom. The molecule has 0 spiro atoms. The van der Waals surface area contributed by atoms with Gasteiger partial charge in [-0.05, 0) is 91.9 Å². The maximum Gasteiger partial charge on any atom is 0.258 e. The number of rotatable bonds is 9. The third-order valence-electron chi connectivity index (χ3n) is 7.95. The molecule has 5 rings (SSSR count). The number of para-hydroxylation sites is 2. The van der Waals surface area contributed by atoms with Crippen molar-refractivity contribution >= 4 is 23.2 Å². The summed E-state index contributed by atoms with van der Waals surface area (Å²) in [5.41, 5.74) is 5.14. The van der Waals surface area contributed by atoms with E-state index in [1.165, 1.54) is 18.4 Å². The fourth-order valence-corrected chi connectivity index (χ4v) is 5.77. The van der Waals surface area contributed by atoms with Gasteiger partial charge in [0.2, 0.25) is 0 Å². The summed E-state index contributed by atoms with van der Waals surface area (Å²) in [7, 11) is 1.61. The molecule has 0 bridgehead atoms. The number of methoxy groups -OCH3 is 1.